The smallest absolute Gasteiger partial charge is 0.319 e. The number of benzene rings is 5. The zero-order valence-electron chi connectivity index (χ0n) is 41.8. The highest BCUT2D eigenvalue weighted by atomic mass is 19.1. The van der Waals surface area contributed by atoms with Gasteiger partial charge in [-0.3, -0.25) is 9.69 Å². The van der Waals surface area contributed by atoms with Gasteiger partial charge in [0.15, 0.2) is 0 Å². The van der Waals surface area contributed by atoms with Gasteiger partial charge in [-0.05, 0) is 166 Å². The van der Waals surface area contributed by atoms with E-state index in [1.54, 1.807) is 49.5 Å². The molecule has 2 bridgehead atoms. The van der Waals surface area contributed by atoms with Gasteiger partial charge < -0.3 is 40.5 Å². The van der Waals surface area contributed by atoms with Crippen LogP contribution in [-0.2, 0) is 17.8 Å². The van der Waals surface area contributed by atoms with E-state index in [1.165, 1.54) is 36.5 Å². The summed E-state index contributed by atoms with van der Waals surface area (Å²) in [5.74, 6) is 1.84. The maximum absolute atomic E-state index is 13.6. The van der Waals surface area contributed by atoms with Crippen LogP contribution in [0, 0.1) is 23.5 Å². The van der Waals surface area contributed by atoms with Crippen LogP contribution in [-0.4, -0.2) is 103 Å². The third-order valence-electron chi connectivity index (χ3n) is 15.7. The van der Waals surface area contributed by atoms with Crippen molar-refractivity contribution in [2.45, 2.75) is 120 Å². The summed E-state index contributed by atoms with van der Waals surface area (Å²) in [7, 11) is 3.19. The Labute approximate surface area is 423 Å². The number of carbonyl (C=O) groups is 3. The molecule has 2 unspecified atom stereocenters. The van der Waals surface area contributed by atoms with Gasteiger partial charge in [-0.2, -0.15) is 0 Å². The number of fused-ring (bicyclic) bond motifs is 3. The van der Waals surface area contributed by atoms with E-state index in [1.807, 2.05) is 60.7 Å². The lowest BCUT2D eigenvalue weighted by molar-refractivity contribution is -0.119. The van der Waals surface area contributed by atoms with Crippen molar-refractivity contribution < 1.29 is 32.6 Å². The van der Waals surface area contributed by atoms with E-state index in [-0.39, 0.29) is 41.7 Å². The van der Waals surface area contributed by atoms with Crippen LogP contribution in [0.1, 0.15) is 88.2 Å². The van der Waals surface area contributed by atoms with Gasteiger partial charge in [0.2, 0.25) is 5.91 Å². The van der Waals surface area contributed by atoms with Gasteiger partial charge in [-0.1, -0.05) is 61.4 Å². The average molecular weight is 984 g/mol. The number of urea groups is 2. The number of likely N-dealkylation sites (tertiary alicyclic amines) is 2. The Bertz CT molecular complexity index is 2620. The molecule has 5 fully saturated rings. The second-order valence-electron chi connectivity index (χ2n) is 20.6. The largest absolute Gasteiger partial charge is 0.497 e. The molecule has 0 radical (unpaired) electrons. The molecule has 5 aromatic carbocycles. The number of methoxy groups -OCH3 is 2. The van der Waals surface area contributed by atoms with Crippen molar-refractivity contribution in [1.82, 2.24) is 25.3 Å². The summed E-state index contributed by atoms with van der Waals surface area (Å²) in [5.41, 5.74) is 3.79. The monoisotopic (exact) mass is 984 g/mol. The second-order valence-corrected chi connectivity index (χ2v) is 20.6. The number of nitrogens with zero attached hydrogens (tertiary/aromatic N) is 3. The molecule has 4 heterocycles. The SMILES string of the molecule is COc1cccc(NC(=O)N[C@@H]2CCCC[C@H]2CN2CCC[C@H](Cc3ccc(F)cc3)C2)c1.COc1ccccc1NC(=O)[C@@H]1CCCN1C(=O)NC1CC2CCC(C1)N2Cc1ccc2cc(F)ccc2c1. The predicted molar refractivity (Wildman–Crippen MR) is 279 cm³/mol. The van der Waals surface area contributed by atoms with Crippen molar-refractivity contribution in [3.8, 4) is 11.5 Å². The van der Waals surface area contributed by atoms with Crippen molar-refractivity contribution >= 4 is 40.1 Å². The minimum atomic E-state index is -0.492. The molecule has 382 valence electrons. The minimum Gasteiger partial charge on any atom is -0.497 e. The van der Waals surface area contributed by atoms with Crippen molar-refractivity contribution in [3.63, 3.8) is 0 Å². The molecule has 0 spiro atoms. The molecule has 5 aliphatic rings. The summed E-state index contributed by atoms with van der Waals surface area (Å²) < 4.78 is 37.4. The maximum atomic E-state index is 13.6. The fourth-order valence-corrected chi connectivity index (χ4v) is 12.2. The minimum absolute atomic E-state index is 0.101. The Hall–Kier alpha value is -6.25. The fourth-order valence-electron chi connectivity index (χ4n) is 12.2. The highest BCUT2D eigenvalue weighted by Gasteiger charge is 2.42. The van der Waals surface area contributed by atoms with Gasteiger partial charge in [-0.25, -0.2) is 18.4 Å². The predicted octanol–water partition coefficient (Wildman–Crippen LogP) is 10.8. The van der Waals surface area contributed by atoms with Crippen LogP contribution in [0.5, 0.6) is 11.5 Å². The number of halogens is 2. The number of amides is 5. The van der Waals surface area contributed by atoms with E-state index in [9.17, 15) is 23.2 Å². The van der Waals surface area contributed by atoms with E-state index in [4.69, 9.17) is 9.47 Å². The zero-order valence-corrected chi connectivity index (χ0v) is 41.8. The number of hydrogen-bond acceptors (Lipinski definition) is 7. The van der Waals surface area contributed by atoms with Crippen molar-refractivity contribution in [2.75, 3.05) is 51.0 Å². The third-order valence-corrected chi connectivity index (χ3v) is 15.7. The Balaban J connectivity index is 0.000000181. The summed E-state index contributed by atoms with van der Waals surface area (Å²) in [4.78, 5) is 46.0. The molecule has 10 rings (SSSR count). The highest BCUT2D eigenvalue weighted by Crippen LogP contribution is 2.38. The number of hydrogen-bond donors (Lipinski definition) is 4. The molecule has 1 saturated carbocycles. The Kier molecular flexibility index (Phi) is 16.9. The maximum Gasteiger partial charge on any atom is 0.319 e. The first-order chi connectivity index (χ1) is 35.1. The quantitative estimate of drug-likeness (QED) is 0.0925. The Morgan fingerprint density at radius 1 is 0.667 bits per heavy atom. The molecular formula is C58H71F2N7O5. The molecule has 4 saturated heterocycles. The summed E-state index contributed by atoms with van der Waals surface area (Å²) in [6.45, 7) is 4.67. The van der Waals surface area contributed by atoms with Gasteiger partial charge >= 0.3 is 12.1 Å². The molecule has 5 amide bonds. The van der Waals surface area contributed by atoms with Gasteiger partial charge in [0.1, 0.15) is 29.2 Å². The van der Waals surface area contributed by atoms with Crippen LogP contribution < -0.4 is 30.7 Å². The van der Waals surface area contributed by atoms with E-state index < -0.39 is 6.04 Å². The fraction of sp³-hybridized carbons (Fsp3) is 0.466. The van der Waals surface area contributed by atoms with Crippen LogP contribution in [0.15, 0.2) is 109 Å². The topological polar surface area (TPSA) is 128 Å². The normalized spacial score (nSPS) is 24.2. The van der Waals surface area contributed by atoms with Crippen molar-refractivity contribution in [1.29, 1.82) is 0 Å². The molecule has 0 aromatic heterocycles. The first-order valence-corrected chi connectivity index (χ1v) is 26.2. The van der Waals surface area contributed by atoms with E-state index in [2.05, 4.69) is 43.2 Å². The van der Waals surface area contributed by atoms with Crippen LogP contribution in [0.25, 0.3) is 10.8 Å². The first kappa shape index (κ1) is 50.7. The van der Waals surface area contributed by atoms with E-state index in [0.717, 1.165) is 106 Å². The number of para-hydroxylation sites is 2. The number of ether oxygens (including phenoxy) is 2. The van der Waals surface area contributed by atoms with Crippen LogP contribution in [0.2, 0.25) is 0 Å². The summed E-state index contributed by atoms with van der Waals surface area (Å²) in [6.07, 6.45) is 13.5. The number of rotatable bonds is 13. The number of carbonyl (C=O) groups excluding carboxylic acids is 3. The summed E-state index contributed by atoms with van der Waals surface area (Å²) in [5, 5.41) is 14.4. The molecule has 4 N–H and O–H groups in total. The number of anilines is 2. The Morgan fingerprint density at radius 3 is 2.21 bits per heavy atom. The Morgan fingerprint density at radius 2 is 1.40 bits per heavy atom. The molecular weight excluding hydrogens is 913 g/mol. The van der Waals surface area contributed by atoms with Crippen molar-refractivity contribution in [3.05, 3.63) is 132 Å². The molecule has 1 aliphatic carbocycles. The first-order valence-electron chi connectivity index (χ1n) is 26.2. The van der Waals surface area contributed by atoms with Crippen LogP contribution >= 0.6 is 0 Å². The van der Waals surface area contributed by atoms with E-state index in [0.29, 0.717) is 48.3 Å². The van der Waals surface area contributed by atoms with Gasteiger partial charge in [0, 0.05) is 62.1 Å². The van der Waals surface area contributed by atoms with Gasteiger partial charge in [0.25, 0.3) is 0 Å². The zero-order chi connectivity index (χ0) is 50.0. The molecule has 72 heavy (non-hydrogen) atoms. The lowest BCUT2D eigenvalue weighted by Crippen LogP contribution is -2.54. The molecule has 12 nitrogen and oxygen atoms in total. The average Bonchev–Trinajstić information content (AvgIpc) is 3.97. The highest BCUT2D eigenvalue weighted by molar-refractivity contribution is 5.98. The third kappa shape index (κ3) is 13.0. The molecule has 14 heteroatoms. The lowest BCUT2D eigenvalue weighted by atomic mass is 9.83. The number of nitrogens with one attached hydrogen (secondary N) is 4. The molecule has 6 atom stereocenters. The second kappa shape index (κ2) is 24.0. The van der Waals surface area contributed by atoms with E-state index >= 15 is 0 Å². The van der Waals surface area contributed by atoms with Crippen LogP contribution in [0.3, 0.4) is 0 Å². The van der Waals surface area contributed by atoms with Gasteiger partial charge in [0.05, 0.1) is 19.9 Å². The lowest BCUT2D eigenvalue weighted by Gasteiger charge is -2.40. The van der Waals surface area contributed by atoms with Gasteiger partial charge in [-0.15, -0.1) is 0 Å². The van der Waals surface area contributed by atoms with Crippen LogP contribution in [0.4, 0.5) is 29.7 Å². The standard InChI is InChI=1S/C31H35FN4O3.C27H36FN3O2/c1-39-29-7-3-2-5-27(29)34-30(37)28-6-4-14-35(28)31(38)33-24-17-25-12-13-26(18-24)36(25)19-20-8-9-22-16-23(32)11-10-21(22)15-20;1-33-25-9-4-8-24(17-25)29-27(32)30-26-10-3-2-7-22(26)19-31-15-5-6-21(18-31)16-20-11-13-23(28)14-12-20/h2-3,5,7-11,15-16,24-26,28H,4,6,12-14,17-19H2,1H3,(H,33,38)(H,34,37);4,8-9,11-14,17,21-22,26H,2-3,5-7,10,15-16,18-19H2,1H3,(H2,29,30,32)/t24?,25?,26?,28-;21-,22+,26-/m01/s1. The number of piperidine rings is 2. The summed E-state index contributed by atoms with van der Waals surface area (Å²) >= 11 is 0. The molecule has 5 aromatic rings. The summed E-state index contributed by atoms with van der Waals surface area (Å²) in [6, 6.07) is 33.2. The van der Waals surface area contributed by atoms with Crippen molar-refractivity contribution in [2.24, 2.45) is 11.8 Å². The molecule has 4 aliphatic heterocycles.